The van der Waals surface area contributed by atoms with E-state index in [4.69, 9.17) is 20.3 Å². The van der Waals surface area contributed by atoms with E-state index in [0.29, 0.717) is 24.8 Å². The summed E-state index contributed by atoms with van der Waals surface area (Å²) in [4.78, 5) is 12.1. The minimum Gasteiger partial charge on any atom is -0.542 e. The van der Waals surface area contributed by atoms with Crippen LogP contribution in [-0.4, -0.2) is 56.3 Å². The van der Waals surface area contributed by atoms with Crippen LogP contribution in [0.3, 0.4) is 0 Å². The SMILES string of the molecule is CCCCC(CC)CC[C-]=O.[CH2-]CCCCCC(CCCCCCOC(=N)CCC(CC)CCCC)OC(=N)CCCN(C)C.[U+2]. The summed E-state index contributed by atoms with van der Waals surface area (Å²) < 4.78 is 11.7. The number of ether oxygens (including phenoxy) is 2. The number of nitrogens with one attached hydrogen (secondary N) is 2. The van der Waals surface area contributed by atoms with E-state index in [-0.39, 0.29) is 37.2 Å². The molecule has 0 saturated heterocycles. The van der Waals surface area contributed by atoms with Crippen molar-refractivity contribution in [1.82, 2.24) is 4.90 Å². The molecule has 6 nitrogen and oxygen atoms in total. The van der Waals surface area contributed by atoms with Crippen LogP contribution >= 0.6 is 0 Å². The third kappa shape index (κ3) is 36.5. The van der Waals surface area contributed by atoms with E-state index in [1.165, 1.54) is 77.0 Å². The Morgan fingerprint density at radius 2 is 1.26 bits per heavy atom. The van der Waals surface area contributed by atoms with Crippen LogP contribution in [0.25, 0.3) is 0 Å². The summed E-state index contributed by atoms with van der Waals surface area (Å²) in [6.45, 7) is 14.5. The minimum atomic E-state index is 0. The average Bonchev–Trinajstić information content (AvgIpc) is 3.02. The second-order valence-corrected chi connectivity index (χ2v) is 13.3. The summed E-state index contributed by atoms with van der Waals surface area (Å²) >= 11 is 0. The van der Waals surface area contributed by atoms with Gasteiger partial charge in [-0.25, -0.2) is 0 Å². The molecule has 0 aliphatic heterocycles. The van der Waals surface area contributed by atoms with Gasteiger partial charge in [-0.15, -0.1) is 0 Å². The monoisotopic (exact) mass is 874 g/mol. The first kappa shape index (κ1) is 50.0. The van der Waals surface area contributed by atoms with Crippen molar-refractivity contribution in [3.05, 3.63) is 6.92 Å². The van der Waals surface area contributed by atoms with Crippen molar-refractivity contribution >= 4 is 18.1 Å². The molecule has 3 unspecified atom stereocenters. The minimum absolute atomic E-state index is 0. The molecule has 46 heavy (non-hydrogen) atoms. The first-order valence-electron chi connectivity index (χ1n) is 19.0. The van der Waals surface area contributed by atoms with Crippen LogP contribution in [-0.2, 0) is 14.3 Å². The molecule has 0 radical (unpaired) electrons. The predicted molar refractivity (Wildman–Crippen MR) is 196 cm³/mol. The summed E-state index contributed by atoms with van der Waals surface area (Å²) in [5.74, 6) is 2.43. The summed E-state index contributed by atoms with van der Waals surface area (Å²) in [6.07, 6.45) is 28.6. The maximum Gasteiger partial charge on any atom is 2.00 e. The summed E-state index contributed by atoms with van der Waals surface area (Å²) in [6, 6.07) is 0. The topological polar surface area (TPSA) is 86.5 Å². The molecule has 0 saturated carbocycles. The zero-order valence-corrected chi connectivity index (χ0v) is 35.7. The molecule has 3 atom stereocenters. The molecule has 0 aromatic carbocycles. The molecule has 0 fully saturated rings. The van der Waals surface area contributed by atoms with E-state index < -0.39 is 0 Å². The number of carbonyl (C=O) groups excluding carboxylic acids is 1. The van der Waals surface area contributed by atoms with Crippen molar-refractivity contribution in [3.63, 3.8) is 0 Å². The second kappa shape index (κ2) is 39.1. The molecule has 0 heterocycles. The predicted octanol–water partition coefficient (Wildman–Crippen LogP) is 11.5. The third-order valence-electron chi connectivity index (χ3n) is 8.81. The Kier molecular flexibility index (Phi) is 42.5. The van der Waals surface area contributed by atoms with Gasteiger partial charge >= 0.3 is 31.1 Å². The van der Waals surface area contributed by atoms with Crippen molar-refractivity contribution in [2.24, 2.45) is 11.8 Å². The summed E-state index contributed by atoms with van der Waals surface area (Å²) in [5, 5.41) is 16.3. The Hall–Kier alpha value is -0.378. The maximum absolute atomic E-state index is 9.97. The van der Waals surface area contributed by atoms with Gasteiger partial charge in [-0.1, -0.05) is 111 Å². The Bertz CT molecular complexity index is 662. The molecule has 0 amide bonds. The number of nitrogens with zero attached hydrogens (tertiary/aromatic N) is 1. The van der Waals surface area contributed by atoms with Gasteiger partial charge in [0.15, 0.2) is 11.8 Å². The molecule has 0 spiro atoms. The Morgan fingerprint density at radius 1 is 0.696 bits per heavy atom. The first-order valence-corrected chi connectivity index (χ1v) is 19.0. The number of hydrogen-bond donors (Lipinski definition) is 2. The van der Waals surface area contributed by atoms with Crippen LogP contribution in [0.15, 0.2) is 0 Å². The van der Waals surface area contributed by atoms with Crippen molar-refractivity contribution in [3.8, 4) is 0 Å². The van der Waals surface area contributed by atoms with Gasteiger partial charge in [0.05, 0.1) is 6.61 Å². The molecule has 0 aliphatic carbocycles. The van der Waals surface area contributed by atoms with E-state index in [0.717, 1.165) is 89.0 Å². The quantitative estimate of drug-likeness (QED) is 0.0314. The normalized spacial score (nSPS) is 12.8. The van der Waals surface area contributed by atoms with Gasteiger partial charge < -0.3 is 26.1 Å². The van der Waals surface area contributed by atoms with Crippen LogP contribution in [0.2, 0.25) is 0 Å². The molecule has 0 aromatic rings. The Labute approximate surface area is 311 Å². The largest absolute Gasteiger partial charge is 2.00 e. The van der Waals surface area contributed by atoms with Gasteiger partial charge in [-0.2, -0.15) is 12.8 Å². The fourth-order valence-corrected chi connectivity index (χ4v) is 5.59. The zero-order valence-electron chi connectivity index (χ0n) is 31.5. The summed E-state index contributed by atoms with van der Waals surface area (Å²) in [5.41, 5.74) is 0. The first-order chi connectivity index (χ1) is 21.8. The zero-order chi connectivity index (χ0) is 34.0. The molecule has 2 N–H and O–H groups in total. The molecule has 270 valence electrons. The molecule has 0 bridgehead atoms. The van der Waals surface area contributed by atoms with Crippen molar-refractivity contribution in [2.45, 2.75) is 188 Å². The van der Waals surface area contributed by atoms with Crippen molar-refractivity contribution in [2.75, 3.05) is 27.2 Å². The van der Waals surface area contributed by atoms with Crippen LogP contribution in [0.4, 0.5) is 0 Å². The van der Waals surface area contributed by atoms with Crippen LogP contribution in [0.1, 0.15) is 182 Å². The molecule has 7 heteroatoms. The van der Waals surface area contributed by atoms with Crippen molar-refractivity contribution in [1.29, 1.82) is 10.8 Å². The van der Waals surface area contributed by atoms with Gasteiger partial charge in [0, 0.05) is 12.8 Å². The smallest absolute Gasteiger partial charge is 0.542 e. The number of hydrogen-bond acceptors (Lipinski definition) is 6. The van der Waals surface area contributed by atoms with E-state index in [2.05, 4.69) is 53.6 Å². The van der Waals surface area contributed by atoms with E-state index in [1.54, 1.807) is 0 Å². The van der Waals surface area contributed by atoms with Gasteiger partial charge in [-0.3, -0.25) is 17.1 Å². The molecule has 0 aromatic heterocycles. The average molecular weight is 874 g/mol. The molecule has 0 rings (SSSR count). The van der Waals surface area contributed by atoms with E-state index >= 15 is 0 Å². The Balaban J connectivity index is -0.00000131. The Morgan fingerprint density at radius 3 is 1.78 bits per heavy atom. The number of unbranched alkanes of at least 4 members (excludes halogenated alkanes) is 8. The van der Waals surface area contributed by atoms with Crippen LogP contribution in [0.5, 0.6) is 0 Å². The molecular formula is C39H77N3O3U. The fraction of sp³-hybridized carbons (Fsp3) is 0.897. The standard InChI is InChI=1S/C29H58N3O2.C10H19O.U/c1-6-9-11-14-19-27(34-29(31)21-17-24-32(4)5)20-15-12-13-16-25-33-28(30)23-22-26(8-3)18-10-7-2;1-3-5-7-10(4-2)8-6-9-11;/h26-27,30-31H,1,6-25H2,2-5H3;10H,3-8H2,1-2H3;/q2*-1;+2. The fourth-order valence-electron chi connectivity index (χ4n) is 5.59. The second-order valence-electron chi connectivity index (χ2n) is 13.3. The van der Waals surface area contributed by atoms with Gasteiger partial charge in [0.2, 0.25) is 0 Å². The van der Waals surface area contributed by atoms with Gasteiger partial charge in [-0.05, 0) is 77.4 Å². The van der Waals surface area contributed by atoms with Gasteiger partial charge in [0.1, 0.15) is 6.10 Å². The molecular weight excluding hydrogens is 796 g/mol. The van der Waals surface area contributed by atoms with Crippen LogP contribution in [0, 0.1) is 60.7 Å². The maximum atomic E-state index is 9.97. The molecule has 0 aliphatic rings. The number of rotatable bonds is 31. The van der Waals surface area contributed by atoms with E-state index in [1.807, 2.05) is 6.29 Å². The summed E-state index contributed by atoms with van der Waals surface area (Å²) in [7, 11) is 4.14. The third-order valence-corrected chi connectivity index (χ3v) is 8.81. The van der Waals surface area contributed by atoms with E-state index in [9.17, 15) is 4.79 Å². The van der Waals surface area contributed by atoms with Gasteiger partial charge in [0.25, 0.3) is 0 Å². The van der Waals surface area contributed by atoms with Crippen LogP contribution < -0.4 is 0 Å². The van der Waals surface area contributed by atoms with Crippen molar-refractivity contribution < 1.29 is 45.4 Å².